The van der Waals surface area contributed by atoms with Crippen molar-refractivity contribution in [1.82, 2.24) is 13.8 Å². The SMILES string of the molecule is O=S(=O)(c1ccccc1)n1cc(-c2cnn(CC3(O)CCOCC3)c2)c2ccc(F)cc21. The van der Waals surface area contributed by atoms with E-state index in [-0.39, 0.29) is 10.4 Å². The van der Waals surface area contributed by atoms with Gasteiger partial charge in [-0.25, -0.2) is 16.8 Å². The Balaban J connectivity index is 1.58. The number of benzene rings is 2. The van der Waals surface area contributed by atoms with Gasteiger partial charge in [0.25, 0.3) is 10.0 Å². The Hall–Kier alpha value is -3.01. The van der Waals surface area contributed by atoms with Gasteiger partial charge in [0.15, 0.2) is 0 Å². The number of nitrogens with zero attached hydrogens (tertiary/aromatic N) is 3. The van der Waals surface area contributed by atoms with Gasteiger partial charge < -0.3 is 9.84 Å². The summed E-state index contributed by atoms with van der Waals surface area (Å²) in [5.41, 5.74) is 0.652. The maximum absolute atomic E-state index is 14.1. The zero-order valence-corrected chi connectivity index (χ0v) is 18.0. The van der Waals surface area contributed by atoms with E-state index in [0.717, 1.165) is 3.97 Å². The summed E-state index contributed by atoms with van der Waals surface area (Å²) in [6.07, 6.45) is 5.94. The lowest BCUT2D eigenvalue weighted by atomic mass is 9.94. The number of hydrogen-bond acceptors (Lipinski definition) is 5. The maximum Gasteiger partial charge on any atom is 0.268 e. The van der Waals surface area contributed by atoms with Crippen LogP contribution >= 0.6 is 0 Å². The number of aliphatic hydroxyl groups is 1. The van der Waals surface area contributed by atoms with Crippen molar-refractivity contribution in [2.24, 2.45) is 0 Å². The summed E-state index contributed by atoms with van der Waals surface area (Å²) in [6, 6.07) is 12.1. The van der Waals surface area contributed by atoms with Gasteiger partial charge >= 0.3 is 0 Å². The van der Waals surface area contributed by atoms with Crippen LogP contribution in [0.4, 0.5) is 4.39 Å². The molecule has 3 heterocycles. The van der Waals surface area contributed by atoms with E-state index in [2.05, 4.69) is 5.10 Å². The lowest BCUT2D eigenvalue weighted by molar-refractivity contribution is -0.0744. The molecule has 2 aromatic carbocycles. The fourth-order valence-electron chi connectivity index (χ4n) is 4.11. The molecule has 1 aliphatic rings. The van der Waals surface area contributed by atoms with Gasteiger partial charge in [0, 0.05) is 55.0 Å². The van der Waals surface area contributed by atoms with E-state index >= 15 is 0 Å². The van der Waals surface area contributed by atoms with Crippen molar-refractivity contribution < 1.29 is 22.7 Å². The molecule has 0 unspecified atom stereocenters. The van der Waals surface area contributed by atoms with Crippen LogP contribution in [0.25, 0.3) is 22.0 Å². The summed E-state index contributed by atoms with van der Waals surface area (Å²) in [5.74, 6) is -0.524. The second kappa shape index (κ2) is 7.84. The van der Waals surface area contributed by atoms with Crippen molar-refractivity contribution >= 4 is 20.9 Å². The molecule has 0 spiro atoms. The fourth-order valence-corrected chi connectivity index (χ4v) is 5.49. The Bertz CT molecular complexity index is 1370. The summed E-state index contributed by atoms with van der Waals surface area (Å²) >= 11 is 0. The summed E-state index contributed by atoms with van der Waals surface area (Å²) in [6.45, 7) is 1.31. The van der Waals surface area contributed by atoms with E-state index in [4.69, 9.17) is 4.74 Å². The van der Waals surface area contributed by atoms with Crippen LogP contribution in [0.2, 0.25) is 0 Å². The monoisotopic (exact) mass is 455 g/mol. The molecule has 0 amide bonds. The standard InChI is InChI=1S/C23H22FN3O4S/c24-18-6-7-20-21(17-13-25-26(14-17)16-23(28)8-10-31-11-9-23)15-27(22(20)12-18)32(29,30)19-4-2-1-3-5-19/h1-7,12-15,28H,8-11,16H2. The quantitative estimate of drug-likeness (QED) is 0.498. The van der Waals surface area contributed by atoms with E-state index in [9.17, 15) is 17.9 Å². The number of hydrogen-bond donors (Lipinski definition) is 1. The summed E-state index contributed by atoms with van der Waals surface area (Å²) in [7, 11) is -3.93. The van der Waals surface area contributed by atoms with Crippen LogP contribution in [0.15, 0.2) is 72.0 Å². The van der Waals surface area contributed by atoms with Crippen LogP contribution < -0.4 is 0 Å². The minimum Gasteiger partial charge on any atom is -0.388 e. The van der Waals surface area contributed by atoms with E-state index < -0.39 is 21.4 Å². The predicted octanol–water partition coefficient (Wildman–Crippen LogP) is 3.42. The van der Waals surface area contributed by atoms with E-state index in [1.54, 1.807) is 41.3 Å². The van der Waals surface area contributed by atoms with Crippen molar-refractivity contribution in [3.8, 4) is 11.1 Å². The van der Waals surface area contributed by atoms with E-state index in [0.29, 0.717) is 49.1 Å². The Morgan fingerprint density at radius 1 is 1.09 bits per heavy atom. The first-order valence-electron chi connectivity index (χ1n) is 10.3. The number of halogens is 1. The number of fused-ring (bicyclic) bond motifs is 1. The first-order valence-corrected chi connectivity index (χ1v) is 11.7. The highest BCUT2D eigenvalue weighted by Crippen LogP contribution is 2.34. The van der Waals surface area contributed by atoms with Crippen LogP contribution in [0.1, 0.15) is 12.8 Å². The van der Waals surface area contributed by atoms with Gasteiger partial charge in [0.1, 0.15) is 5.82 Å². The Kier molecular flexibility index (Phi) is 5.11. The number of aromatic nitrogens is 3. The first-order chi connectivity index (χ1) is 15.4. The zero-order valence-electron chi connectivity index (χ0n) is 17.2. The molecule has 1 N–H and O–H groups in total. The smallest absolute Gasteiger partial charge is 0.268 e. The predicted molar refractivity (Wildman–Crippen MR) is 117 cm³/mol. The van der Waals surface area contributed by atoms with Crippen LogP contribution in [0.5, 0.6) is 0 Å². The van der Waals surface area contributed by atoms with E-state index in [1.807, 2.05) is 0 Å². The molecule has 7 nitrogen and oxygen atoms in total. The molecule has 1 fully saturated rings. The molecule has 166 valence electrons. The van der Waals surface area contributed by atoms with Crippen LogP contribution in [0.3, 0.4) is 0 Å². The van der Waals surface area contributed by atoms with Gasteiger partial charge in [-0.1, -0.05) is 18.2 Å². The van der Waals surface area contributed by atoms with Gasteiger partial charge in [-0.15, -0.1) is 0 Å². The fraction of sp³-hybridized carbons (Fsp3) is 0.261. The van der Waals surface area contributed by atoms with Gasteiger partial charge in [-0.2, -0.15) is 5.10 Å². The molecule has 5 rings (SSSR count). The second-order valence-electron chi connectivity index (χ2n) is 8.08. The highest BCUT2D eigenvalue weighted by atomic mass is 32.2. The van der Waals surface area contributed by atoms with Crippen molar-refractivity contribution in [2.75, 3.05) is 13.2 Å². The minimum atomic E-state index is -3.93. The minimum absolute atomic E-state index is 0.116. The lowest BCUT2D eigenvalue weighted by Gasteiger charge is -2.31. The Labute approximate surface area is 184 Å². The Morgan fingerprint density at radius 3 is 2.59 bits per heavy atom. The van der Waals surface area contributed by atoms with Crippen molar-refractivity contribution in [3.63, 3.8) is 0 Å². The third-order valence-electron chi connectivity index (χ3n) is 5.86. The van der Waals surface area contributed by atoms with E-state index in [1.165, 1.54) is 30.5 Å². The molecule has 4 aromatic rings. The average Bonchev–Trinajstić information content (AvgIpc) is 3.39. The summed E-state index contributed by atoms with van der Waals surface area (Å²) in [5, 5.41) is 15.7. The van der Waals surface area contributed by atoms with Gasteiger partial charge in [0.05, 0.1) is 28.8 Å². The molecular formula is C23H22FN3O4S. The molecule has 0 radical (unpaired) electrons. The number of ether oxygens (including phenoxy) is 1. The first kappa shape index (κ1) is 20.9. The van der Waals surface area contributed by atoms with Crippen molar-refractivity contribution in [2.45, 2.75) is 29.9 Å². The summed E-state index contributed by atoms with van der Waals surface area (Å²) in [4.78, 5) is 0.116. The second-order valence-corrected chi connectivity index (χ2v) is 9.90. The van der Waals surface area contributed by atoms with Gasteiger partial charge in [-0.3, -0.25) is 4.68 Å². The molecule has 0 bridgehead atoms. The topological polar surface area (TPSA) is 86.4 Å². The molecule has 9 heteroatoms. The highest BCUT2D eigenvalue weighted by Gasteiger charge is 2.31. The zero-order chi connectivity index (χ0) is 22.3. The average molecular weight is 456 g/mol. The number of rotatable bonds is 5. The van der Waals surface area contributed by atoms with Gasteiger partial charge in [-0.05, 0) is 30.3 Å². The van der Waals surface area contributed by atoms with Crippen LogP contribution in [-0.4, -0.2) is 46.1 Å². The Morgan fingerprint density at radius 2 is 1.84 bits per heavy atom. The molecule has 1 saturated heterocycles. The summed E-state index contributed by atoms with van der Waals surface area (Å²) < 4.78 is 48.7. The molecule has 0 saturated carbocycles. The largest absolute Gasteiger partial charge is 0.388 e. The maximum atomic E-state index is 14.1. The van der Waals surface area contributed by atoms with Crippen LogP contribution in [0, 0.1) is 5.82 Å². The van der Waals surface area contributed by atoms with Crippen molar-refractivity contribution in [3.05, 3.63) is 72.9 Å². The normalized spacial score (nSPS) is 16.4. The lowest BCUT2D eigenvalue weighted by Crippen LogP contribution is -2.40. The van der Waals surface area contributed by atoms with Gasteiger partial charge in [0.2, 0.25) is 0 Å². The molecule has 32 heavy (non-hydrogen) atoms. The molecule has 0 atom stereocenters. The van der Waals surface area contributed by atoms with Crippen LogP contribution in [-0.2, 0) is 21.3 Å². The third-order valence-corrected chi connectivity index (χ3v) is 7.55. The molecule has 2 aromatic heterocycles. The molecular weight excluding hydrogens is 433 g/mol. The highest BCUT2D eigenvalue weighted by molar-refractivity contribution is 7.90. The van der Waals surface area contributed by atoms with Crippen molar-refractivity contribution in [1.29, 1.82) is 0 Å². The molecule has 0 aliphatic carbocycles. The molecule has 1 aliphatic heterocycles. The third kappa shape index (κ3) is 3.72.